The topological polar surface area (TPSA) is 12.0 Å². The minimum Gasteiger partial charge on any atom is -0.382 e. The molecule has 0 bridgehead atoms. The van der Waals surface area contributed by atoms with Gasteiger partial charge in [0.2, 0.25) is 0 Å². The minimum absolute atomic E-state index is 0.270. The van der Waals surface area contributed by atoms with Crippen LogP contribution in [0, 0.1) is 17.6 Å². The quantitative estimate of drug-likeness (QED) is 0.768. The van der Waals surface area contributed by atoms with E-state index in [1.165, 1.54) is 12.1 Å². The lowest BCUT2D eigenvalue weighted by Gasteiger charge is -2.21. The largest absolute Gasteiger partial charge is 0.382 e. The highest BCUT2D eigenvalue weighted by atomic mass is 19.1. The number of anilines is 1. The molecule has 0 aliphatic heterocycles. The summed E-state index contributed by atoms with van der Waals surface area (Å²) >= 11 is 0. The zero-order valence-corrected chi connectivity index (χ0v) is 10.8. The number of nitrogens with one attached hydrogen (secondary N) is 1. The molecule has 1 N–H and O–H groups in total. The van der Waals surface area contributed by atoms with E-state index in [2.05, 4.69) is 26.1 Å². The molecule has 3 heteroatoms. The highest BCUT2D eigenvalue weighted by Gasteiger charge is 2.11. The zero-order chi connectivity index (χ0) is 12.8. The number of hydrogen-bond acceptors (Lipinski definition) is 1. The molecule has 96 valence electrons. The van der Waals surface area contributed by atoms with Gasteiger partial charge in [-0.05, 0) is 30.9 Å². The Morgan fingerprint density at radius 2 is 1.65 bits per heavy atom. The molecule has 0 radical (unpaired) electrons. The summed E-state index contributed by atoms with van der Waals surface area (Å²) in [7, 11) is 0. The van der Waals surface area contributed by atoms with Crippen LogP contribution < -0.4 is 5.32 Å². The maximum absolute atomic E-state index is 13.0. The summed E-state index contributed by atoms with van der Waals surface area (Å²) < 4.78 is 26.1. The average molecular weight is 241 g/mol. The lowest BCUT2D eigenvalue weighted by Crippen LogP contribution is -2.21. The van der Waals surface area contributed by atoms with Crippen molar-refractivity contribution in [2.75, 3.05) is 5.32 Å². The van der Waals surface area contributed by atoms with Gasteiger partial charge < -0.3 is 5.32 Å². The van der Waals surface area contributed by atoms with E-state index in [0.717, 1.165) is 25.3 Å². The van der Waals surface area contributed by atoms with Gasteiger partial charge >= 0.3 is 0 Å². The van der Waals surface area contributed by atoms with Crippen LogP contribution in [0.25, 0.3) is 0 Å². The highest BCUT2D eigenvalue weighted by molar-refractivity contribution is 5.44. The fourth-order valence-corrected chi connectivity index (χ4v) is 1.85. The molecule has 0 amide bonds. The lowest BCUT2D eigenvalue weighted by atomic mass is 9.97. The molecule has 0 saturated heterocycles. The number of rotatable bonds is 6. The number of halogens is 2. The Hall–Kier alpha value is -1.12. The Bertz CT molecular complexity index is 332. The van der Waals surface area contributed by atoms with Crippen LogP contribution in [0.15, 0.2) is 18.2 Å². The van der Waals surface area contributed by atoms with Gasteiger partial charge in [-0.1, -0.05) is 27.2 Å². The summed E-state index contributed by atoms with van der Waals surface area (Å²) in [6.07, 6.45) is 3.09. The molecule has 0 saturated carbocycles. The molecule has 2 unspecified atom stereocenters. The summed E-state index contributed by atoms with van der Waals surface area (Å²) in [5.74, 6) is -0.456. The number of hydrogen-bond donors (Lipinski definition) is 1. The van der Waals surface area contributed by atoms with Gasteiger partial charge in [0.15, 0.2) is 0 Å². The molecule has 2 atom stereocenters. The van der Waals surface area contributed by atoms with Crippen LogP contribution in [-0.4, -0.2) is 6.04 Å². The van der Waals surface area contributed by atoms with Crippen molar-refractivity contribution in [1.82, 2.24) is 0 Å². The van der Waals surface area contributed by atoms with Gasteiger partial charge in [-0.25, -0.2) is 8.78 Å². The summed E-state index contributed by atoms with van der Waals surface area (Å²) in [5, 5.41) is 3.20. The van der Waals surface area contributed by atoms with Crippen LogP contribution in [0.4, 0.5) is 14.5 Å². The molecule has 0 fully saturated rings. The Kier molecular flexibility index (Phi) is 5.39. The normalized spacial score (nSPS) is 14.4. The van der Waals surface area contributed by atoms with E-state index in [-0.39, 0.29) is 6.04 Å². The second-order valence-corrected chi connectivity index (χ2v) is 4.66. The van der Waals surface area contributed by atoms with Crippen molar-refractivity contribution in [3.8, 4) is 0 Å². The first kappa shape index (κ1) is 13.9. The standard InChI is InChI=1S/C14H21F2N/c1-4-10(3)6-13(5-2)17-14-8-11(15)7-12(16)9-14/h7-10,13,17H,4-6H2,1-3H3. The average Bonchev–Trinajstić information content (AvgIpc) is 2.26. The van der Waals surface area contributed by atoms with Gasteiger partial charge in [-0.15, -0.1) is 0 Å². The molecular weight excluding hydrogens is 220 g/mol. The summed E-state index contributed by atoms with van der Waals surface area (Å²) in [6.45, 7) is 6.42. The molecule has 1 aromatic carbocycles. The van der Waals surface area contributed by atoms with Crippen molar-refractivity contribution >= 4 is 5.69 Å². The van der Waals surface area contributed by atoms with E-state index in [4.69, 9.17) is 0 Å². The Morgan fingerprint density at radius 3 is 2.12 bits per heavy atom. The summed E-state index contributed by atoms with van der Waals surface area (Å²) in [5.41, 5.74) is 0.526. The molecule has 1 nitrogen and oxygen atoms in total. The molecule has 0 aromatic heterocycles. The Labute approximate surface area is 102 Å². The third-order valence-electron chi connectivity index (χ3n) is 3.11. The van der Waals surface area contributed by atoms with Crippen molar-refractivity contribution in [3.05, 3.63) is 29.8 Å². The first-order valence-corrected chi connectivity index (χ1v) is 6.27. The molecular formula is C14H21F2N. The van der Waals surface area contributed by atoms with Crippen LogP contribution >= 0.6 is 0 Å². The first-order valence-electron chi connectivity index (χ1n) is 6.27. The predicted molar refractivity (Wildman–Crippen MR) is 68.1 cm³/mol. The second-order valence-electron chi connectivity index (χ2n) is 4.66. The molecule has 0 aliphatic carbocycles. The molecule has 1 aromatic rings. The maximum atomic E-state index is 13.0. The van der Waals surface area contributed by atoms with Gasteiger partial charge in [0.05, 0.1) is 0 Å². The summed E-state index contributed by atoms with van der Waals surface area (Å²) in [4.78, 5) is 0. The zero-order valence-electron chi connectivity index (χ0n) is 10.8. The third-order valence-corrected chi connectivity index (χ3v) is 3.11. The van der Waals surface area contributed by atoms with E-state index in [0.29, 0.717) is 11.6 Å². The smallest absolute Gasteiger partial charge is 0.128 e. The molecule has 0 spiro atoms. The number of benzene rings is 1. The Balaban J connectivity index is 2.66. The SMILES string of the molecule is CCC(C)CC(CC)Nc1cc(F)cc(F)c1. The highest BCUT2D eigenvalue weighted by Crippen LogP contribution is 2.19. The van der Waals surface area contributed by atoms with Crippen LogP contribution in [0.5, 0.6) is 0 Å². The minimum atomic E-state index is -0.536. The van der Waals surface area contributed by atoms with Gasteiger partial charge in [0.25, 0.3) is 0 Å². The van der Waals surface area contributed by atoms with Crippen LogP contribution in [0.1, 0.15) is 40.0 Å². The van der Waals surface area contributed by atoms with Crippen molar-refractivity contribution in [3.63, 3.8) is 0 Å². The fraction of sp³-hybridized carbons (Fsp3) is 0.571. The van der Waals surface area contributed by atoms with E-state index in [1.54, 1.807) is 0 Å². The summed E-state index contributed by atoms with van der Waals surface area (Å²) in [6, 6.07) is 3.83. The lowest BCUT2D eigenvalue weighted by molar-refractivity contribution is 0.461. The monoisotopic (exact) mass is 241 g/mol. The first-order chi connectivity index (χ1) is 8.05. The van der Waals surface area contributed by atoms with Crippen LogP contribution in [0.2, 0.25) is 0 Å². The van der Waals surface area contributed by atoms with Crippen LogP contribution in [-0.2, 0) is 0 Å². The van der Waals surface area contributed by atoms with Crippen LogP contribution in [0.3, 0.4) is 0 Å². The van der Waals surface area contributed by atoms with E-state index >= 15 is 0 Å². The third kappa shape index (κ3) is 4.72. The maximum Gasteiger partial charge on any atom is 0.128 e. The fourth-order valence-electron chi connectivity index (χ4n) is 1.85. The Morgan fingerprint density at radius 1 is 1.06 bits per heavy atom. The van der Waals surface area contributed by atoms with Gasteiger partial charge in [0.1, 0.15) is 11.6 Å². The van der Waals surface area contributed by atoms with E-state index in [9.17, 15) is 8.78 Å². The second kappa shape index (κ2) is 6.58. The van der Waals surface area contributed by atoms with Crippen molar-refractivity contribution in [1.29, 1.82) is 0 Å². The van der Waals surface area contributed by atoms with E-state index < -0.39 is 11.6 Å². The molecule has 1 rings (SSSR count). The molecule has 0 heterocycles. The molecule has 17 heavy (non-hydrogen) atoms. The predicted octanol–water partition coefficient (Wildman–Crippen LogP) is 4.59. The van der Waals surface area contributed by atoms with Crippen molar-refractivity contribution < 1.29 is 8.78 Å². The van der Waals surface area contributed by atoms with Crippen molar-refractivity contribution in [2.24, 2.45) is 5.92 Å². The van der Waals surface area contributed by atoms with Crippen molar-refractivity contribution in [2.45, 2.75) is 46.1 Å². The van der Waals surface area contributed by atoms with Gasteiger partial charge in [-0.2, -0.15) is 0 Å². The van der Waals surface area contributed by atoms with E-state index in [1.807, 2.05) is 0 Å². The molecule has 0 aliphatic rings. The van der Waals surface area contributed by atoms with Gasteiger partial charge in [0, 0.05) is 17.8 Å². The van der Waals surface area contributed by atoms with Gasteiger partial charge in [-0.3, -0.25) is 0 Å².